The summed E-state index contributed by atoms with van der Waals surface area (Å²) in [5.41, 5.74) is 1.13. The predicted octanol–water partition coefficient (Wildman–Crippen LogP) is 1.15. The van der Waals surface area contributed by atoms with Crippen molar-refractivity contribution in [3.63, 3.8) is 0 Å². The zero-order valence-corrected chi connectivity index (χ0v) is 8.09. The van der Waals surface area contributed by atoms with Gasteiger partial charge in [-0.2, -0.15) is 5.10 Å². The Labute approximate surface area is 81.7 Å². The normalized spacial score (nSPS) is 10.4. The first kappa shape index (κ1) is 7.66. The zero-order valence-electron chi connectivity index (χ0n) is 5.94. The summed E-state index contributed by atoms with van der Waals surface area (Å²) >= 11 is 2.09. The third-order valence-electron chi connectivity index (χ3n) is 1.49. The van der Waals surface area contributed by atoms with Crippen LogP contribution in [0.1, 0.15) is 10.4 Å². The van der Waals surface area contributed by atoms with E-state index in [1.54, 1.807) is 10.7 Å². The first-order chi connectivity index (χ1) is 5.81. The van der Waals surface area contributed by atoms with E-state index in [1.165, 1.54) is 6.20 Å². The number of aldehydes is 1. The van der Waals surface area contributed by atoms with Gasteiger partial charge < -0.3 is 0 Å². The minimum Gasteiger partial charge on any atom is -0.298 e. The van der Waals surface area contributed by atoms with E-state index in [9.17, 15) is 4.79 Å². The second-order valence-corrected chi connectivity index (χ2v) is 3.34. The number of aromatic nitrogens is 3. The maximum absolute atomic E-state index is 10.5. The first-order valence-electron chi connectivity index (χ1n) is 3.26. The molecule has 0 N–H and O–H groups in total. The lowest BCUT2D eigenvalue weighted by atomic mass is 10.4. The van der Waals surface area contributed by atoms with Gasteiger partial charge in [0.15, 0.2) is 11.9 Å². The molecule has 0 aliphatic carbocycles. The quantitative estimate of drug-likeness (QED) is 0.445. The van der Waals surface area contributed by atoms with Crippen molar-refractivity contribution in [1.82, 2.24) is 14.6 Å². The monoisotopic (exact) mass is 273 g/mol. The van der Waals surface area contributed by atoms with E-state index in [0.29, 0.717) is 11.2 Å². The summed E-state index contributed by atoms with van der Waals surface area (Å²) in [5, 5.41) is 3.95. The van der Waals surface area contributed by atoms with E-state index in [2.05, 4.69) is 32.7 Å². The fraction of sp³-hybridized carbons (Fsp3) is 0. The number of nitrogens with zero attached hydrogens (tertiary/aromatic N) is 3. The summed E-state index contributed by atoms with van der Waals surface area (Å²) in [7, 11) is 0. The van der Waals surface area contributed by atoms with Gasteiger partial charge in [-0.05, 0) is 28.7 Å². The van der Waals surface area contributed by atoms with Crippen LogP contribution in [0.25, 0.3) is 5.65 Å². The highest BCUT2D eigenvalue weighted by Gasteiger charge is 2.03. The Kier molecular flexibility index (Phi) is 1.80. The van der Waals surface area contributed by atoms with E-state index in [-0.39, 0.29) is 0 Å². The van der Waals surface area contributed by atoms with Crippen LogP contribution in [0.2, 0.25) is 0 Å². The molecule has 5 heteroatoms. The van der Waals surface area contributed by atoms with Crippen LogP contribution in [-0.2, 0) is 0 Å². The average Bonchev–Trinajstić information content (AvgIpc) is 2.46. The van der Waals surface area contributed by atoms with E-state index in [1.807, 2.05) is 6.07 Å². The molecule has 0 fully saturated rings. The van der Waals surface area contributed by atoms with Gasteiger partial charge in [0.2, 0.25) is 0 Å². The third kappa shape index (κ3) is 1.09. The molecule has 0 spiro atoms. The Morgan fingerprint density at radius 2 is 2.42 bits per heavy atom. The number of hydrogen-bond acceptors (Lipinski definition) is 3. The van der Waals surface area contributed by atoms with Crippen molar-refractivity contribution >= 4 is 34.5 Å². The summed E-state index contributed by atoms with van der Waals surface area (Å²) in [4.78, 5) is 14.7. The van der Waals surface area contributed by atoms with Crippen molar-refractivity contribution in [1.29, 1.82) is 0 Å². The molecule has 60 valence electrons. The molecule has 0 saturated heterocycles. The van der Waals surface area contributed by atoms with Gasteiger partial charge in [0, 0.05) is 6.20 Å². The molecule has 0 aromatic carbocycles. The van der Waals surface area contributed by atoms with Crippen LogP contribution in [0.3, 0.4) is 0 Å². The van der Waals surface area contributed by atoms with Gasteiger partial charge in [0.05, 0.1) is 11.8 Å². The fourth-order valence-corrected chi connectivity index (χ4v) is 1.34. The summed E-state index contributed by atoms with van der Waals surface area (Å²) in [5.74, 6) is 0. The third-order valence-corrected chi connectivity index (χ3v) is 2.09. The highest BCUT2D eigenvalue weighted by molar-refractivity contribution is 14.1. The number of rotatable bonds is 1. The van der Waals surface area contributed by atoms with Crippen molar-refractivity contribution < 1.29 is 4.79 Å². The molecule has 12 heavy (non-hydrogen) atoms. The van der Waals surface area contributed by atoms with Crippen LogP contribution < -0.4 is 0 Å². The highest BCUT2D eigenvalue weighted by Crippen LogP contribution is 2.07. The summed E-state index contributed by atoms with van der Waals surface area (Å²) in [6.07, 6.45) is 4.04. The number of carbonyl (C=O) groups is 1. The highest BCUT2D eigenvalue weighted by atomic mass is 127. The van der Waals surface area contributed by atoms with Gasteiger partial charge in [-0.3, -0.25) is 4.79 Å². The molecule has 2 aromatic heterocycles. The number of fused-ring (bicyclic) bond motifs is 1. The fourth-order valence-electron chi connectivity index (χ4n) is 0.948. The molecule has 0 radical (unpaired) electrons. The van der Waals surface area contributed by atoms with Crippen LogP contribution in [-0.4, -0.2) is 20.9 Å². The van der Waals surface area contributed by atoms with Crippen molar-refractivity contribution in [2.45, 2.75) is 0 Å². The van der Waals surface area contributed by atoms with Crippen molar-refractivity contribution in [3.05, 3.63) is 27.7 Å². The molecule has 0 amide bonds. The standard InChI is InChI=1S/C7H4IN3O/c8-6-1-2-11-7(10-6)5(4-12)3-9-11/h1-4H. The SMILES string of the molecule is O=Cc1cnn2ccc(I)nc12. The molecule has 2 aromatic rings. The molecular formula is C7H4IN3O. The predicted molar refractivity (Wildman–Crippen MR) is 51.1 cm³/mol. The zero-order chi connectivity index (χ0) is 8.55. The minimum atomic E-state index is 0.522. The minimum absolute atomic E-state index is 0.522. The van der Waals surface area contributed by atoms with Gasteiger partial charge in [-0.15, -0.1) is 0 Å². The van der Waals surface area contributed by atoms with Crippen LogP contribution in [0.5, 0.6) is 0 Å². The Morgan fingerprint density at radius 3 is 3.17 bits per heavy atom. The molecule has 2 rings (SSSR count). The van der Waals surface area contributed by atoms with Gasteiger partial charge in [0.25, 0.3) is 0 Å². The Morgan fingerprint density at radius 1 is 1.58 bits per heavy atom. The van der Waals surface area contributed by atoms with E-state index in [4.69, 9.17) is 0 Å². The Bertz CT molecular complexity index is 437. The van der Waals surface area contributed by atoms with Crippen molar-refractivity contribution in [2.75, 3.05) is 0 Å². The Balaban J connectivity index is 2.83. The number of carbonyl (C=O) groups excluding carboxylic acids is 1. The summed E-state index contributed by atoms with van der Waals surface area (Å²) < 4.78 is 2.43. The lowest BCUT2D eigenvalue weighted by Gasteiger charge is -1.92. The second kappa shape index (κ2) is 2.81. The molecule has 0 bridgehead atoms. The number of halogens is 1. The molecule has 0 aliphatic rings. The van der Waals surface area contributed by atoms with E-state index >= 15 is 0 Å². The van der Waals surface area contributed by atoms with Gasteiger partial charge in [0.1, 0.15) is 3.70 Å². The van der Waals surface area contributed by atoms with Crippen LogP contribution >= 0.6 is 22.6 Å². The van der Waals surface area contributed by atoms with Crippen LogP contribution in [0.4, 0.5) is 0 Å². The first-order valence-corrected chi connectivity index (χ1v) is 4.34. The summed E-state index contributed by atoms with van der Waals surface area (Å²) in [6.45, 7) is 0. The molecule has 0 unspecified atom stereocenters. The van der Waals surface area contributed by atoms with Gasteiger partial charge >= 0.3 is 0 Å². The van der Waals surface area contributed by atoms with Crippen molar-refractivity contribution in [2.24, 2.45) is 0 Å². The molecular weight excluding hydrogens is 269 g/mol. The smallest absolute Gasteiger partial charge is 0.166 e. The number of hydrogen-bond donors (Lipinski definition) is 0. The van der Waals surface area contributed by atoms with Crippen LogP contribution in [0.15, 0.2) is 18.5 Å². The van der Waals surface area contributed by atoms with E-state index in [0.717, 1.165) is 9.99 Å². The average molecular weight is 273 g/mol. The molecule has 2 heterocycles. The largest absolute Gasteiger partial charge is 0.298 e. The lowest BCUT2D eigenvalue weighted by Crippen LogP contribution is -1.91. The van der Waals surface area contributed by atoms with Crippen LogP contribution in [0, 0.1) is 3.70 Å². The topological polar surface area (TPSA) is 47.3 Å². The molecule has 4 nitrogen and oxygen atoms in total. The maximum atomic E-state index is 10.5. The Hall–Kier alpha value is -0.980. The second-order valence-electron chi connectivity index (χ2n) is 2.24. The maximum Gasteiger partial charge on any atom is 0.166 e. The molecule has 0 saturated carbocycles. The van der Waals surface area contributed by atoms with Crippen molar-refractivity contribution in [3.8, 4) is 0 Å². The lowest BCUT2D eigenvalue weighted by molar-refractivity contribution is 0.112. The molecule has 0 atom stereocenters. The van der Waals surface area contributed by atoms with E-state index < -0.39 is 0 Å². The van der Waals surface area contributed by atoms with Gasteiger partial charge in [-0.25, -0.2) is 9.50 Å². The van der Waals surface area contributed by atoms with Gasteiger partial charge in [-0.1, -0.05) is 0 Å². The summed E-state index contributed by atoms with van der Waals surface area (Å²) in [6, 6.07) is 1.83. The molecule has 0 aliphatic heterocycles.